The van der Waals surface area contributed by atoms with E-state index in [-0.39, 0.29) is 5.91 Å². The van der Waals surface area contributed by atoms with Crippen LogP contribution >= 0.6 is 11.6 Å². The summed E-state index contributed by atoms with van der Waals surface area (Å²) >= 11 is 5.95. The number of amides is 1. The van der Waals surface area contributed by atoms with Crippen LogP contribution in [0.5, 0.6) is 0 Å². The zero-order valence-electron chi connectivity index (χ0n) is 10.7. The van der Waals surface area contributed by atoms with E-state index in [0.717, 1.165) is 12.1 Å². The summed E-state index contributed by atoms with van der Waals surface area (Å²) in [5, 5.41) is 3.97. The second kappa shape index (κ2) is 6.21. The Bertz CT molecular complexity index is 418. The third-order valence-electron chi connectivity index (χ3n) is 3.12. The molecule has 4 heteroatoms. The zero-order chi connectivity index (χ0) is 13.0. The van der Waals surface area contributed by atoms with Gasteiger partial charge in [0.1, 0.15) is 0 Å². The Labute approximate surface area is 113 Å². The molecule has 1 aliphatic carbocycles. The average Bonchev–Trinajstić information content (AvgIpc) is 3.17. The molecule has 1 aliphatic rings. The van der Waals surface area contributed by atoms with Crippen molar-refractivity contribution in [2.75, 3.05) is 13.1 Å². The van der Waals surface area contributed by atoms with Gasteiger partial charge in [0.05, 0.1) is 6.54 Å². The van der Waals surface area contributed by atoms with Crippen LogP contribution in [0, 0.1) is 0 Å². The molecule has 0 aromatic heterocycles. The van der Waals surface area contributed by atoms with Gasteiger partial charge in [-0.1, -0.05) is 23.7 Å². The molecule has 0 spiro atoms. The summed E-state index contributed by atoms with van der Waals surface area (Å²) in [7, 11) is 0. The van der Waals surface area contributed by atoms with E-state index in [1.807, 2.05) is 36.1 Å². The molecule has 2 rings (SSSR count). The molecule has 0 atom stereocenters. The fourth-order valence-corrected chi connectivity index (χ4v) is 2.08. The molecule has 3 nitrogen and oxygen atoms in total. The third kappa shape index (κ3) is 4.00. The number of carbonyl (C=O) groups is 1. The lowest BCUT2D eigenvalue weighted by Crippen LogP contribution is -2.38. The summed E-state index contributed by atoms with van der Waals surface area (Å²) in [6, 6.07) is 8.23. The lowest BCUT2D eigenvalue weighted by atomic mass is 10.2. The molecule has 0 bridgehead atoms. The molecule has 1 fully saturated rings. The van der Waals surface area contributed by atoms with Crippen molar-refractivity contribution >= 4 is 17.5 Å². The average molecular weight is 267 g/mol. The number of hydrogen-bond donors (Lipinski definition) is 1. The van der Waals surface area contributed by atoms with E-state index in [1.54, 1.807) is 0 Å². The number of carbonyl (C=O) groups excluding carboxylic acids is 1. The van der Waals surface area contributed by atoms with Crippen LogP contribution in [-0.4, -0.2) is 29.9 Å². The van der Waals surface area contributed by atoms with Gasteiger partial charge in [-0.25, -0.2) is 0 Å². The highest BCUT2D eigenvalue weighted by molar-refractivity contribution is 6.30. The van der Waals surface area contributed by atoms with Crippen molar-refractivity contribution in [1.82, 2.24) is 10.2 Å². The molecule has 1 aromatic carbocycles. The summed E-state index contributed by atoms with van der Waals surface area (Å²) in [6.45, 7) is 3.79. The lowest BCUT2D eigenvalue weighted by Gasteiger charge is -2.21. The highest BCUT2D eigenvalue weighted by Gasteiger charge is 2.22. The Morgan fingerprint density at radius 1 is 1.50 bits per heavy atom. The molecule has 0 radical (unpaired) electrons. The standard InChI is InChI=1S/C14H19ClN2O/c1-2-17(14(18)9-16-13-6-7-13)10-11-4-3-5-12(15)8-11/h3-5,8,13,16H,2,6-7,9-10H2,1H3. The van der Waals surface area contributed by atoms with Gasteiger partial charge in [-0.15, -0.1) is 0 Å². The van der Waals surface area contributed by atoms with Crippen LogP contribution in [0.4, 0.5) is 0 Å². The maximum atomic E-state index is 12.0. The highest BCUT2D eigenvalue weighted by Crippen LogP contribution is 2.18. The van der Waals surface area contributed by atoms with Crippen LogP contribution in [0.25, 0.3) is 0 Å². The molecule has 1 saturated carbocycles. The summed E-state index contributed by atoms with van der Waals surface area (Å²) in [5.41, 5.74) is 1.07. The fraction of sp³-hybridized carbons (Fsp3) is 0.500. The van der Waals surface area contributed by atoms with Crippen LogP contribution in [0.3, 0.4) is 0 Å². The first-order valence-corrected chi connectivity index (χ1v) is 6.82. The quantitative estimate of drug-likeness (QED) is 0.858. The Kier molecular flexibility index (Phi) is 4.61. The minimum atomic E-state index is 0.157. The Balaban J connectivity index is 1.88. The van der Waals surface area contributed by atoms with Gasteiger partial charge in [-0.05, 0) is 37.5 Å². The van der Waals surface area contributed by atoms with Gasteiger partial charge in [0.15, 0.2) is 0 Å². The molecule has 0 heterocycles. The Morgan fingerprint density at radius 3 is 2.89 bits per heavy atom. The lowest BCUT2D eigenvalue weighted by molar-refractivity contribution is -0.130. The number of benzene rings is 1. The van der Waals surface area contributed by atoms with Crippen LogP contribution < -0.4 is 5.32 Å². The van der Waals surface area contributed by atoms with Gasteiger partial charge in [0, 0.05) is 24.2 Å². The zero-order valence-corrected chi connectivity index (χ0v) is 11.4. The van der Waals surface area contributed by atoms with Gasteiger partial charge in [0.2, 0.25) is 5.91 Å². The van der Waals surface area contributed by atoms with Gasteiger partial charge >= 0.3 is 0 Å². The van der Waals surface area contributed by atoms with E-state index in [9.17, 15) is 4.79 Å². The first-order chi connectivity index (χ1) is 8.69. The van der Waals surface area contributed by atoms with E-state index < -0.39 is 0 Å². The van der Waals surface area contributed by atoms with Crippen molar-refractivity contribution in [3.05, 3.63) is 34.9 Å². The van der Waals surface area contributed by atoms with E-state index >= 15 is 0 Å². The molecule has 0 saturated heterocycles. The molecule has 18 heavy (non-hydrogen) atoms. The molecule has 1 amide bonds. The predicted octanol–water partition coefficient (Wildman–Crippen LogP) is 2.44. The monoisotopic (exact) mass is 266 g/mol. The van der Waals surface area contributed by atoms with E-state index in [2.05, 4.69) is 5.32 Å². The van der Waals surface area contributed by atoms with Crippen molar-refractivity contribution in [2.24, 2.45) is 0 Å². The second-order valence-corrected chi connectivity index (χ2v) is 5.13. The van der Waals surface area contributed by atoms with Crippen LogP contribution in [-0.2, 0) is 11.3 Å². The number of nitrogens with zero attached hydrogens (tertiary/aromatic N) is 1. The van der Waals surface area contributed by atoms with E-state index in [1.165, 1.54) is 12.8 Å². The van der Waals surface area contributed by atoms with Crippen LogP contribution in [0.2, 0.25) is 5.02 Å². The molecule has 98 valence electrons. The van der Waals surface area contributed by atoms with Gasteiger partial charge < -0.3 is 10.2 Å². The predicted molar refractivity (Wildman–Crippen MR) is 73.6 cm³/mol. The maximum Gasteiger partial charge on any atom is 0.236 e. The highest BCUT2D eigenvalue weighted by atomic mass is 35.5. The van der Waals surface area contributed by atoms with Crippen molar-refractivity contribution in [2.45, 2.75) is 32.4 Å². The minimum Gasteiger partial charge on any atom is -0.338 e. The fourth-order valence-electron chi connectivity index (χ4n) is 1.86. The van der Waals surface area contributed by atoms with Gasteiger partial charge in [-0.3, -0.25) is 4.79 Å². The molecular formula is C14H19ClN2O. The second-order valence-electron chi connectivity index (χ2n) is 4.69. The number of nitrogens with one attached hydrogen (secondary N) is 1. The minimum absolute atomic E-state index is 0.157. The Morgan fingerprint density at radius 2 is 2.28 bits per heavy atom. The first kappa shape index (κ1) is 13.4. The molecule has 0 aliphatic heterocycles. The number of hydrogen-bond acceptors (Lipinski definition) is 2. The maximum absolute atomic E-state index is 12.0. The van der Waals surface area contributed by atoms with Gasteiger partial charge in [-0.2, -0.15) is 0 Å². The number of halogens is 1. The van der Waals surface area contributed by atoms with Crippen molar-refractivity contribution in [3.63, 3.8) is 0 Å². The van der Waals surface area contributed by atoms with Crippen molar-refractivity contribution < 1.29 is 4.79 Å². The normalized spacial score (nSPS) is 14.6. The number of rotatable bonds is 6. The van der Waals surface area contributed by atoms with Crippen LogP contribution in [0.1, 0.15) is 25.3 Å². The first-order valence-electron chi connectivity index (χ1n) is 6.44. The Hall–Kier alpha value is -1.06. The summed E-state index contributed by atoms with van der Waals surface area (Å²) in [4.78, 5) is 13.9. The molecular weight excluding hydrogens is 248 g/mol. The third-order valence-corrected chi connectivity index (χ3v) is 3.35. The number of likely N-dealkylation sites (N-methyl/N-ethyl adjacent to an activating group) is 1. The van der Waals surface area contributed by atoms with E-state index in [0.29, 0.717) is 24.2 Å². The topological polar surface area (TPSA) is 32.3 Å². The molecule has 0 unspecified atom stereocenters. The summed E-state index contributed by atoms with van der Waals surface area (Å²) in [5.74, 6) is 0.157. The molecule has 1 N–H and O–H groups in total. The summed E-state index contributed by atoms with van der Waals surface area (Å²) in [6.07, 6.45) is 2.40. The van der Waals surface area contributed by atoms with Gasteiger partial charge in [0.25, 0.3) is 0 Å². The van der Waals surface area contributed by atoms with Crippen LogP contribution in [0.15, 0.2) is 24.3 Å². The van der Waals surface area contributed by atoms with Crippen molar-refractivity contribution in [3.8, 4) is 0 Å². The SMILES string of the molecule is CCN(Cc1cccc(Cl)c1)C(=O)CNC1CC1. The largest absolute Gasteiger partial charge is 0.338 e. The molecule has 1 aromatic rings. The summed E-state index contributed by atoms with van der Waals surface area (Å²) < 4.78 is 0. The smallest absolute Gasteiger partial charge is 0.236 e. The van der Waals surface area contributed by atoms with E-state index in [4.69, 9.17) is 11.6 Å². The van der Waals surface area contributed by atoms with Crippen molar-refractivity contribution in [1.29, 1.82) is 0 Å².